The van der Waals surface area contributed by atoms with E-state index in [2.05, 4.69) is 27.7 Å². The van der Waals surface area contributed by atoms with Gasteiger partial charge in [-0.25, -0.2) is 9.59 Å². The fraction of sp³-hybridized carbons (Fsp3) is 0.733. The fourth-order valence-corrected chi connectivity index (χ4v) is 6.42. The Labute approximate surface area is 225 Å². The molecular formula is C30H42O8. The Bertz CT molecular complexity index is 860. The van der Waals surface area contributed by atoms with Crippen molar-refractivity contribution in [3.8, 4) is 0 Å². The van der Waals surface area contributed by atoms with Crippen molar-refractivity contribution < 1.29 is 38.0 Å². The molecule has 38 heavy (non-hydrogen) atoms. The molecule has 0 saturated carbocycles. The van der Waals surface area contributed by atoms with Crippen molar-refractivity contribution >= 4 is 11.9 Å². The summed E-state index contributed by atoms with van der Waals surface area (Å²) in [6, 6.07) is 6.68. The van der Waals surface area contributed by atoms with Crippen LogP contribution in [0.15, 0.2) is 24.3 Å². The number of benzene rings is 1. The van der Waals surface area contributed by atoms with Crippen LogP contribution in [-0.4, -0.2) is 75.0 Å². The van der Waals surface area contributed by atoms with Crippen LogP contribution >= 0.6 is 0 Å². The molecule has 0 spiro atoms. The number of carbonyl (C=O) groups is 2. The zero-order chi connectivity index (χ0) is 26.8. The molecule has 1 aromatic rings. The van der Waals surface area contributed by atoms with E-state index in [1.165, 1.54) is 0 Å². The van der Waals surface area contributed by atoms with Crippen LogP contribution in [0.4, 0.5) is 0 Å². The number of esters is 2. The molecule has 0 bridgehead atoms. The Kier molecular flexibility index (Phi) is 8.72. The molecule has 0 N–H and O–H groups in total. The van der Waals surface area contributed by atoms with E-state index < -0.39 is 11.9 Å². The molecule has 4 heterocycles. The molecule has 0 radical (unpaired) electrons. The summed E-state index contributed by atoms with van der Waals surface area (Å²) in [5.74, 6) is -0.217. The van der Waals surface area contributed by atoms with Crippen LogP contribution in [0.2, 0.25) is 0 Å². The fourth-order valence-electron chi connectivity index (χ4n) is 6.42. The molecule has 8 nitrogen and oxygen atoms in total. The average Bonchev–Trinajstić information content (AvgIpc) is 2.82. The van der Waals surface area contributed by atoms with E-state index >= 15 is 0 Å². The van der Waals surface area contributed by atoms with E-state index in [1.807, 2.05) is 0 Å². The van der Waals surface area contributed by atoms with E-state index in [4.69, 9.17) is 28.4 Å². The van der Waals surface area contributed by atoms with Crippen LogP contribution < -0.4 is 0 Å². The number of carbonyl (C=O) groups excluding carboxylic acids is 2. The summed E-state index contributed by atoms with van der Waals surface area (Å²) in [4.78, 5) is 26.7. The zero-order valence-electron chi connectivity index (χ0n) is 23.0. The van der Waals surface area contributed by atoms with Gasteiger partial charge in [-0.1, -0.05) is 33.8 Å². The first kappa shape index (κ1) is 27.6. The van der Waals surface area contributed by atoms with E-state index in [1.54, 1.807) is 24.3 Å². The van der Waals surface area contributed by atoms with Gasteiger partial charge in [-0.2, -0.15) is 0 Å². The number of ether oxygens (including phenoxy) is 6. The second-order valence-corrected chi connectivity index (χ2v) is 11.1. The standard InChI is InChI=1S/C30H42O8/c1-5-23-19(13-33-23)27(20-14-34-24(20)6-2)37-29(31)17-10-9-11-18(12-17)30(32)38-28(21-15-35-25(21)7-3)22-16-36-26(22)8-4/h9-12,19-28H,5-8,13-16H2,1-4H3. The van der Waals surface area contributed by atoms with Gasteiger partial charge in [0.25, 0.3) is 0 Å². The van der Waals surface area contributed by atoms with Crippen LogP contribution in [0, 0.1) is 23.7 Å². The molecule has 4 aliphatic rings. The molecule has 4 aliphatic heterocycles. The lowest BCUT2D eigenvalue weighted by Crippen LogP contribution is -2.58. The van der Waals surface area contributed by atoms with Crippen LogP contribution in [-0.2, 0) is 28.4 Å². The Morgan fingerprint density at radius 3 is 1.21 bits per heavy atom. The van der Waals surface area contributed by atoms with Gasteiger partial charge in [-0.05, 0) is 43.9 Å². The van der Waals surface area contributed by atoms with Gasteiger partial charge in [-0.3, -0.25) is 0 Å². The third kappa shape index (κ3) is 5.25. The number of hydrogen-bond acceptors (Lipinski definition) is 8. The van der Waals surface area contributed by atoms with Gasteiger partial charge in [0.1, 0.15) is 12.2 Å². The first-order valence-electron chi connectivity index (χ1n) is 14.5. The lowest BCUT2D eigenvalue weighted by Gasteiger charge is -2.48. The van der Waals surface area contributed by atoms with Gasteiger partial charge in [-0.15, -0.1) is 0 Å². The first-order valence-corrected chi connectivity index (χ1v) is 14.5. The van der Waals surface area contributed by atoms with E-state index in [0.29, 0.717) is 37.6 Å². The minimum atomic E-state index is -0.429. The van der Waals surface area contributed by atoms with Gasteiger partial charge < -0.3 is 28.4 Å². The molecule has 8 heteroatoms. The van der Waals surface area contributed by atoms with Crippen LogP contribution in [0.3, 0.4) is 0 Å². The summed E-state index contributed by atoms with van der Waals surface area (Å²) >= 11 is 0. The molecule has 8 atom stereocenters. The Balaban J connectivity index is 1.28. The Hall–Kier alpha value is -2.00. The molecule has 210 valence electrons. The third-order valence-electron chi connectivity index (χ3n) is 9.04. The molecule has 1 aromatic carbocycles. The largest absolute Gasteiger partial charge is 0.458 e. The predicted molar refractivity (Wildman–Crippen MR) is 139 cm³/mol. The van der Waals surface area contributed by atoms with Crippen molar-refractivity contribution in [1.82, 2.24) is 0 Å². The third-order valence-corrected chi connectivity index (χ3v) is 9.04. The van der Waals surface area contributed by atoms with Crippen molar-refractivity contribution in [2.45, 2.75) is 90.0 Å². The predicted octanol–water partition coefficient (Wildman–Crippen LogP) is 4.44. The second kappa shape index (κ2) is 12.0. The van der Waals surface area contributed by atoms with Gasteiger partial charge in [0.05, 0.1) is 62.0 Å². The van der Waals surface area contributed by atoms with Gasteiger partial charge >= 0.3 is 11.9 Å². The van der Waals surface area contributed by atoms with E-state index in [0.717, 1.165) is 25.7 Å². The SMILES string of the molecule is CCC1OCC1C(OC(=O)c1cccc(C(=O)OC(C2COC2CC)C2COC2CC)c1)C1COC1CC. The van der Waals surface area contributed by atoms with Crippen LogP contribution in [0.5, 0.6) is 0 Å². The molecule has 5 rings (SSSR count). The summed E-state index contributed by atoms with van der Waals surface area (Å²) in [7, 11) is 0. The van der Waals surface area contributed by atoms with Gasteiger partial charge in [0, 0.05) is 23.7 Å². The monoisotopic (exact) mass is 530 g/mol. The molecular weight excluding hydrogens is 488 g/mol. The summed E-state index contributed by atoms with van der Waals surface area (Å²) in [6.45, 7) is 10.7. The first-order chi connectivity index (χ1) is 18.5. The normalized spacial score (nSPS) is 35.5. The molecule has 0 amide bonds. The summed E-state index contributed by atoms with van der Waals surface area (Å²) in [5.41, 5.74) is 0.693. The molecule has 4 fully saturated rings. The van der Waals surface area contributed by atoms with E-state index in [9.17, 15) is 9.59 Å². The van der Waals surface area contributed by atoms with Crippen LogP contribution in [0.25, 0.3) is 0 Å². The molecule has 0 aromatic heterocycles. The maximum atomic E-state index is 13.3. The Morgan fingerprint density at radius 2 is 0.974 bits per heavy atom. The molecule has 8 unspecified atom stereocenters. The Morgan fingerprint density at radius 1 is 0.658 bits per heavy atom. The maximum absolute atomic E-state index is 13.3. The topological polar surface area (TPSA) is 89.5 Å². The highest BCUT2D eigenvalue weighted by atomic mass is 16.6. The quantitative estimate of drug-likeness (QED) is 0.367. The number of rotatable bonds is 12. The highest BCUT2D eigenvalue weighted by molar-refractivity contribution is 5.95. The van der Waals surface area contributed by atoms with E-state index in [-0.39, 0.29) is 60.3 Å². The zero-order valence-corrected chi connectivity index (χ0v) is 23.0. The van der Waals surface area contributed by atoms with Crippen molar-refractivity contribution in [3.05, 3.63) is 35.4 Å². The smallest absolute Gasteiger partial charge is 0.338 e. The number of hydrogen-bond donors (Lipinski definition) is 0. The molecule has 4 saturated heterocycles. The highest BCUT2D eigenvalue weighted by Gasteiger charge is 2.50. The second-order valence-electron chi connectivity index (χ2n) is 11.1. The van der Waals surface area contributed by atoms with Crippen LogP contribution in [0.1, 0.15) is 74.1 Å². The lowest BCUT2D eigenvalue weighted by atomic mass is 9.78. The van der Waals surface area contributed by atoms with Crippen molar-refractivity contribution in [2.75, 3.05) is 26.4 Å². The average molecular weight is 531 g/mol. The highest BCUT2D eigenvalue weighted by Crippen LogP contribution is 2.40. The van der Waals surface area contributed by atoms with Crippen molar-refractivity contribution in [2.24, 2.45) is 23.7 Å². The van der Waals surface area contributed by atoms with Gasteiger partial charge in [0.15, 0.2) is 0 Å². The summed E-state index contributed by atoms with van der Waals surface area (Å²) in [5, 5.41) is 0. The minimum Gasteiger partial charge on any atom is -0.458 e. The van der Waals surface area contributed by atoms with Crippen molar-refractivity contribution in [3.63, 3.8) is 0 Å². The minimum absolute atomic E-state index is 0.0917. The van der Waals surface area contributed by atoms with Crippen molar-refractivity contribution in [1.29, 1.82) is 0 Å². The summed E-state index contributed by atoms with van der Waals surface area (Å²) < 4.78 is 35.1. The van der Waals surface area contributed by atoms with Gasteiger partial charge in [0.2, 0.25) is 0 Å². The lowest BCUT2D eigenvalue weighted by molar-refractivity contribution is -0.222. The molecule has 0 aliphatic carbocycles. The summed E-state index contributed by atoms with van der Waals surface area (Å²) in [6.07, 6.45) is 3.33. The maximum Gasteiger partial charge on any atom is 0.338 e.